The molecule has 11 heavy (non-hydrogen) atoms. The van der Waals surface area contributed by atoms with Crippen LogP contribution in [0.5, 0.6) is 0 Å². The molecule has 4 atom stereocenters. The number of fused-ring (bicyclic) bond motifs is 1. The highest BCUT2D eigenvalue weighted by Gasteiger charge is 2.63. The summed E-state index contributed by atoms with van der Waals surface area (Å²) in [6.45, 7) is 9.70. The molecule has 0 heterocycles. The second-order valence-electron chi connectivity index (χ2n) is 5.24. The topological polar surface area (TPSA) is 0 Å². The Morgan fingerprint density at radius 1 is 1.18 bits per heavy atom. The largest absolute Gasteiger partial charge is 0.0622 e. The van der Waals surface area contributed by atoms with E-state index in [0.717, 1.165) is 29.1 Å². The van der Waals surface area contributed by atoms with Crippen molar-refractivity contribution in [3.63, 3.8) is 0 Å². The van der Waals surface area contributed by atoms with Crippen molar-refractivity contribution in [1.29, 1.82) is 0 Å². The highest BCUT2D eigenvalue weighted by molar-refractivity contribution is 5.12. The molecule has 0 amide bonds. The molecule has 0 radical (unpaired) electrons. The van der Waals surface area contributed by atoms with Gasteiger partial charge in [0.05, 0.1) is 0 Å². The average molecular weight is 152 g/mol. The van der Waals surface area contributed by atoms with Gasteiger partial charge < -0.3 is 0 Å². The maximum atomic E-state index is 2.45. The summed E-state index contributed by atoms with van der Waals surface area (Å²) in [5, 5.41) is 0. The minimum Gasteiger partial charge on any atom is -0.0622 e. The first-order valence-corrected chi connectivity index (χ1v) is 5.08. The van der Waals surface area contributed by atoms with Gasteiger partial charge in [-0.3, -0.25) is 0 Å². The van der Waals surface area contributed by atoms with Crippen LogP contribution in [0, 0.1) is 29.1 Å². The van der Waals surface area contributed by atoms with Gasteiger partial charge in [0.1, 0.15) is 0 Å². The van der Waals surface area contributed by atoms with E-state index in [1.807, 2.05) is 0 Å². The van der Waals surface area contributed by atoms with Crippen molar-refractivity contribution < 1.29 is 0 Å². The van der Waals surface area contributed by atoms with Crippen molar-refractivity contribution in [3.8, 4) is 0 Å². The van der Waals surface area contributed by atoms with Gasteiger partial charge in [0.15, 0.2) is 0 Å². The Bertz CT molecular complexity index is 171. The van der Waals surface area contributed by atoms with Crippen molar-refractivity contribution in [3.05, 3.63) is 0 Å². The number of hydrogen-bond acceptors (Lipinski definition) is 0. The summed E-state index contributed by atoms with van der Waals surface area (Å²) < 4.78 is 0. The molecule has 0 aliphatic heterocycles. The number of rotatable bonds is 1. The predicted octanol–water partition coefficient (Wildman–Crippen LogP) is 3.32. The second-order valence-corrected chi connectivity index (χ2v) is 5.24. The zero-order valence-corrected chi connectivity index (χ0v) is 8.22. The molecule has 0 heteroatoms. The van der Waals surface area contributed by atoms with E-state index in [2.05, 4.69) is 27.7 Å². The molecule has 0 bridgehead atoms. The lowest BCUT2D eigenvalue weighted by Gasteiger charge is -2.18. The quantitative estimate of drug-likeness (QED) is 0.540. The molecule has 0 aromatic heterocycles. The zero-order valence-electron chi connectivity index (χ0n) is 8.22. The first kappa shape index (κ1) is 7.64. The Kier molecular flexibility index (Phi) is 1.41. The highest BCUT2D eigenvalue weighted by atomic mass is 14.7. The van der Waals surface area contributed by atoms with Gasteiger partial charge in [-0.15, -0.1) is 0 Å². The monoisotopic (exact) mass is 152 g/mol. The van der Waals surface area contributed by atoms with Crippen LogP contribution in [0.25, 0.3) is 0 Å². The van der Waals surface area contributed by atoms with Crippen LogP contribution in [0.2, 0.25) is 0 Å². The Balaban J connectivity index is 2.13. The van der Waals surface area contributed by atoms with Crippen LogP contribution in [-0.2, 0) is 0 Å². The molecular weight excluding hydrogens is 132 g/mol. The van der Waals surface area contributed by atoms with E-state index in [1.54, 1.807) is 0 Å². The minimum absolute atomic E-state index is 0.804. The van der Waals surface area contributed by atoms with Gasteiger partial charge in [0, 0.05) is 0 Å². The van der Waals surface area contributed by atoms with E-state index in [9.17, 15) is 0 Å². The van der Waals surface area contributed by atoms with E-state index in [4.69, 9.17) is 0 Å². The maximum Gasteiger partial charge on any atom is -0.0238 e. The highest BCUT2D eigenvalue weighted by Crippen LogP contribution is 2.71. The summed E-state index contributed by atoms with van der Waals surface area (Å²) in [4.78, 5) is 0. The van der Waals surface area contributed by atoms with Crippen LogP contribution in [0.4, 0.5) is 0 Å². The number of hydrogen-bond donors (Lipinski definition) is 0. The van der Waals surface area contributed by atoms with E-state index >= 15 is 0 Å². The lowest BCUT2D eigenvalue weighted by molar-refractivity contribution is 0.319. The summed E-state index contributed by atoms with van der Waals surface area (Å²) in [5.41, 5.74) is 0.804. The minimum atomic E-state index is 0.804. The molecule has 2 aliphatic carbocycles. The molecule has 0 nitrogen and oxygen atoms in total. The van der Waals surface area contributed by atoms with Gasteiger partial charge in [0.2, 0.25) is 0 Å². The van der Waals surface area contributed by atoms with Crippen molar-refractivity contribution >= 4 is 0 Å². The fourth-order valence-electron chi connectivity index (χ4n) is 3.38. The van der Waals surface area contributed by atoms with Crippen LogP contribution in [0.15, 0.2) is 0 Å². The van der Waals surface area contributed by atoms with Crippen LogP contribution in [0.1, 0.15) is 40.5 Å². The molecule has 2 fully saturated rings. The lowest BCUT2D eigenvalue weighted by atomic mass is 9.87. The zero-order chi connectivity index (χ0) is 8.22. The van der Waals surface area contributed by atoms with Crippen LogP contribution in [-0.4, -0.2) is 0 Å². The van der Waals surface area contributed by atoms with E-state index < -0.39 is 0 Å². The van der Waals surface area contributed by atoms with Crippen LogP contribution >= 0.6 is 0 Å². The predicted molar refractivity (Wildman–Crippen MR) is 48.3 cm³/mol. The molecule has 0 spiro atoms. The maximum absolute atomic E-state index is 2.45. The second kappa shape index (κ2) is 2.02. The molecule has 4 unspecified atom stereocenters. The molecular formula is C11H20. The van der Waals surface area contributed by atoms with Crippen molar-refractivity contribution in [2.45, 2.75) is 40.5 Å². The Hall–Kier alpha value is 0. The lowest BCUT2D eigenvalue weighted by Crippen LogP contribution is -2.09. The summed E-state index contributed by atoms with van der Waals surface area (Å²) in [6, 6.07) is 0. The van der Waals surface area contributed by atoms with Crippen molar-refractivity contribution in [2.75, 3.05) is 0 Å². The molecule has 0 aromatic carbocycles. The molecule has 0 saturated heterocycles. The van der Waals surface area contributed by atoms with Gasteiger partial charge in [-0.25, -0.2) is 0 Å². The van der Waals surface area contributed by atoms with E-state index in [0.29, 0.717) is 0 Å². The summed E-state index contributed by atoms with van der Waals surface area (Å²) >= 11 is 0. The molecule has 2 rings (SSSR count). The Morgan fingerprint density at radius 3 is 2.09 bits per heavy atom. The molecule has 2 saturated carbocycles. The normalized spacial score (nSPS) is 54.8. The SMILES string of the molecule is CC1CC2(C(C)C)CC2C1C. The van der Waals surface area contributed by atoms with Gasteiger partial charge in [-0.05, 0) is 41.9 Å². The standard InChI is InChI=1S/C11H20/c1-7(2)11-5-8(3)9(4)10(11)6-11/h7-10H,5-6H2,1-4H3. The third-order valence-electron chi connectivity index (χ3n) is 4.56. The van der Waals surface area contributed by atoms with Gasteiger partial charge in [-0.1, -0.05) is 27.7 Å². The van der Waals surface area contributed by atoms with Gasteiger partial charge >= 0.3 is 0 Å². The molecule has 64 valence electrons. The van der Waals surface area contributed by atoms with Gasteiger partial charge in [-0.2, -0.15) is 0 Å². The summed E-state index contributed by atoms with van der Waals surface area (Å²) in [7, 11) is 0. The van der Waals surface area contributed by atoms with Crippen LogP contribution in [0.3, 0.4) is 0 Å². The summed E-state index contributed by atoms with van der Waals surface area (Å²) in [6.07, 6.45) is 3.05. The Labute approximate surface area is 70.4 Å². The third kappa shape index (κ3) is 0.816. The fourth-order valence-corrected chi connectivity index (χ4v) is 3.38. The third-order valence-corrected chi connectivity index (χ3v) is 4.56. The first-order valence-electron chi connectivity index (χ1n) is 5.08. The van der Waals surface area contributed by atoms with Crippen molar-refractivity contribution in [2.24, 2.45) is 29.1 Å². The van der Waals surface area contributed by atoms with Crippen molar-refractivity contribution in [1.82, 2.24) is 0 Å². The Morgan fingerprint density at radius 2 is 1.82 bits per heavy atom. The first-order chi connectivity index (χ1) is 5.08. The van der Waals surface area contributed by atoms with E-state index in [1.165, 1.54) is 12.8 Å². The molecule has 0 aromatic rings. The van der Waals surface area contributed by atoms with E-state index in [-0.39, 0.29) is 0 Å². The average Bonchev–Trinajstić information content (AvgIpc) is 2.57. The summed E-state index contributed by atoms with van der Waals surface area (Å²) in [5.74, 6) is 4.03. The molecule has 2 aliphatic rings. The molecule has 0 N–H and O–H groups in total. The van der Waals surface area contributed by atoms with Crippen LogP contribution < -0.4 is 0 Å². The smallest absolute Gasteiger partial charge is 0.0238 e. The fraction of sp³-hybridized carbons (Fsp3) is 1.00. The van der Waals surface area contributed by atoms with Gasteiger partial charge in [0.25, 0.3) is 0 Å².